The van der Waals surface area contributed by atoms with Crippen molar-refractivity contribution in [3.05, 3.63) is 69.8 Å². The van der Waals surface area contributed by atoms with Crippen molar-refractivity contribution in [2.75, 3.05) is 25.1 Å². The van der Waals surface area contributed by atoms with Crippen LogP contribution in [0, 0.1) is 0 Å². The third kappa shape index (κ3) is 4.27. The molecule has 0 saturated heterocycles. The van der Waals surface area contributed by atoms with Gasteiger partial charge in [0.05, 0.1) is 23.9 Å². The van der Waals surface area contributed by atoms with E-state index in [0.717, 1.165) is 4.47 Å². The van der Waals surface area contributed by atoms with Crippen molar-refractivity contribution >= 4 is 39.5 Å². The summed E-state index contributed by atoms with van der Waals surface area (Å²) >= 11 is 3.35. The lowest BCUT2D eigenvalue weighted by Crippen LogP contribution is -2.49. The molecule has 0 unspecified atom stereocenters. The zero-order chi connectivity index (χ0) is 22.0. The highest BCUT2D eigenvalue weighted by Gasteiger charge is 2.43. The highest BCUT2D eigenvalue weighted by atomic mass is 79.9. The number of benzene rings is 2. The molecule has 2 heterocycles. The first kappa shape index (κ1) is 20.9. The first-order chi connectivity index (χ1) is 15.0. The van der Waals surface area contributed by atoms with Gasteiger partial charge in [0, 0.05) is 15.7 Å². The molecule has 2 aliphatic rings. The Labute approximate surface area is 187 Å². The Balaban J connectivity index is 1.62. The third-order valence-electron chi connectivity index (χ3n) is 4.94. The summed E-state index contributed by atoms with van der Waals surface area (Å²) in [6, 6.07) is 13.1. The largest absolute Gasteiger partial charge is 0.494 e. The maximum absolute atomic E-state index is 12.9. The monoisotopic (exact) mass is 485 g/mol. The molecule has 4 rings (SSSR count). The molecule has 160 valence electrons. The quantitative estimate of drug-likeness (QED) is 0.611. The van der Waals surface area contributed by atoms with Gasteiger partial charge in [0.2, 0.25) is 5.91 Å². The van der Waals surface area contributed by atoms with Crippen molar-refractivity contribution in [2.24, 2.45) is 0 Å². The van der Waals surface area contributed by atoms with Gasteiger partial charge < -0.3 is 20.1 Å². The van der Waals surface area contributed by atoms with Crippen molar-refractivity contribution < 1.29 is 23.9 Å². The Morgan fingerprint density at radius 1 is 1.26 bits per heavy atom. The van der Waals surface area contributed by atoms with E-state index in [4.69, 9.17) is 9.47 Å². The number of hydrogen-bond donors (Lipinski definition) is 2. The van der Waals surface area contributed by atoms with Crippen LogP contribution in [-0.4, -0.2) is 42.6 Å². The van der Waals surface area contributed by atoms with E-state index in [1.54, 1.807) is 30.3 Å². The van der Waals surface area contributed by atoms with Crippen LogP contribution < -0.4 is 15.4 Å². The smallest absolute Gasteiger partial charge is 0.338 e. The fourth-order valence-electron chi connectivity index (χ4n) is 3.63. The standard InChI is InChI=1S/C22H20BrN3O5/c1-2-30-17-9-4-3-8-15(17)20-19-16(12-31-21(19)28)26(22(29)25-20)11-18(27)24-14-7-5-6-13(23)10-14/h3-10,20H,2,11-12H2,1H3,(H,24,27)(H,25,29)/t20-/m0/s1. The van der Waals surface area contributed by atoms with Gasteiger partial charge in [-0.25, -0.2) is 9.59 Å². The lowest BCUT2D eigenvalue weighted by atomic mass is 9.95. The number of urea groups is 1. The molecule has 8 nitrogen and oxygen atoms in total. The number of rotatable bonds is 6. The number of nitrogens with one attached hydrogen (secondary N) is 2. The van der Waals surface area contributed by atoms with Crippen LogP contribution in [-0.2, 0) is 14.3 Å². The summed E-state index contributed by atoms with van der Waals surface area (Å²) in [6.07, 6.45) is 0. The van der Waals surface area contributed by atoms with Gasteiger partial charge in [-0.3, -0.25) is 9.69 Å². The molecule has 2 aliphatic heterocycles. The number of halogens is 1. The lowest BCUT2D eigenvalue weighted by molar-refractivity contribution is -0.136. The third-order valence-corrected chi connectivity index (χ3v) is 5.43. The number of ether oxygens (including phenoxy) is 2. The number of carbonyl (C=O) groups excluding carboxylic acids is 3. The summed E-state index contributed by atoms with van der Waals surface area (Å²) in [5.74, 6) is -0.348. The molecular weight excluding hydrogens is 466 g/mol. The van der Waals surface area contributed by atoms with Crippen LogP contribution >= 0.6 is 15.9 Å². The molecule has 31 heavy (non-hydrogen) atoms. The molecule has 0 bridgehead atoms. The summed E-state index contributed by atoms with van der Waals surface area (Å²) in [6.45, 7) is 1.97. The highest BCUT2D eigenvalue weighted by molar-refractivity contribution is 9.10. The van der Waals surface area contributed by atoms with Gasteiger partial charge in [0.25, 0.3) is 0 Å². The summed E-state index contributed by atoms with van der Waals surface area (Å²) in [4.78, 5) is 39.3. The van der Waals surface area contributed by atoms with Crippen molar-refractivity contribution in [3.63, 3.8) is 0 Å². The number of anilines is 1. The van der Waals surface area contributed by atoms with Gasteiger partial charge in [0.15, 0.2) is 0 Å². The van der Waals surface area contributed by atoms with E-state index in [2.05, 4.69) is 26.6 Å². The molecule has 0 aliphatic carbocycles. The van der Waals surface area contributed by atoms with Gasteiger partial charge in [0.1, 0.15) is 18.9 Å². The Hall–Kier alpha value is -3.33. The molecule has 2 aromatic rings. The van der Waals surface area contributed by atoms with E-state index < -0.39 is 23.9 Å². The number of amides is 3. The van der Waals surface area contributed by atoms with Crippen LogP contribution in [0.4, 0.5) is 10.5 Å². The summed E-state index contributed by atoms with van der Waals surface area (Å²) in [7, 11) is 0. The summed E-state index contributed by atoms with van der Waals surface area (Å²) in [5.41, 5.74) is 1.94. The van der Waals surface area contributed by atoms with E-state index in [-0.39, 0.29) is 13.2 Å². The Kier molecular flexibility index (Phi) is 5.94. The summed E-state index contributed by atoms with van der Waals surface area (Å²) in [5, 5.41) is 5.57. The maximum atomic E-state index is 12.9. The average molecular weight is 486 g/mol. The molecule has 2 N–H and O–H groups in total. The second-order valence-electron chi connectivity index (χ2n) is 6.93. The van der Waals surface area contributed by atoms with Gasteiger partial charge in [-0.1, -0.05) is 40.2 Å². The molecule has 3 amide bonds. The molecule has 0 saturated carbocycles. The fourth-order valence-corrected chi connectivity index (χ4v) is 4.03. The van der Waals surface area contributed by atoms with Crippen LogP contribution in [0.25, 0.3) is 0 Å². The molecule has 0 fully saturated rings. The molecule has 0 spiro atoms. The number of esters is 1. The number of nitrogens with zero attached hydrogens (tertiary/aromatic N) is 1. The van der Waals surface area contributed by atoms with Gasteiger partial charge >= 0.3 is 12.0 Å². The molecule has 9 heteroatoms. The van der Waals surface area contributed by atoms with Crippen LogP contribution in [0.15, 0.2) is 64.3 Å². The minimum absolute atomic E-state index is 0.0704. The van der Waals surface area contributed by atoms with Crippen LogP contribution in [0.5, 0.6) is 5.75 Å². The molecule has 2 aromatic carbocycles. The van der Waals surface area contributed by atoms with Gasteiger partial charge in [-0.05, 0) is 31.2 Å². The average Bonchev–Trinajstić information content (AvgIpc) is 3.12. The Morgan fingerprint density at radius 2 is 2.06 bits per heavy atom. The van der Waals surface area contributed by atoms with Gasteiger partial charge in [-0.2, -0.15) is 0 Å². The minimum atomic E-state index is -0.718. The first-order valence-electron chi connectivity index (χ1n) is 9.73. The number of hydrogen-bond acceptors (Lipinski definition) is 5. The number of cyclic esters (lactones) is 1. The second-order valence-corrected chi connectivity index (χ2v) is 7.85. The predicted octanol–water partition coefficient (Wildman–Crippen LogP) is 3.36. The van der Waals surface area contributed by atoms with Crippen molar-refractivity contribution in [3.8, 4) is 5.75 Å². The van der Waals surface area contributed by atoms with Crippen molar-refractivity contribution in [2.45, 2.75) is 13.0 Å². The van der Waals surface area contributed by atoms with E-state index in [9.17, 15) is 14.4 Å². The topological polar surface area (TPSA) is 97.0 Å². The zero-order valence-corrected chi connectivity index (χ0v) is 18.3. The van der Waals surface area contributed by atoms with E-state index in [0.29, 0.717) is 34.9 Å². The molecule has 0 radical (unpaired) electrons. The Morgan fingerprint density at radius 3 is 2.84 bits per heavy atom. The van der Waals surface area contributed by atoms with E-state index in [1.165, 1.54) is 4.90 Å². The van der Waals surface area contributed by atoms with E-state index in [1.807, 2.05) is 25.1 Å². The predicted molar refractivity (Wildman–Crippen MR) is 116 cm³/mol. The van der Waals surface area contributed by atoms with E-state index >= 15 is 0 Å². The summed E-state index contributed by atoms with van der Waals surface area (Å²) < 4.78 is 11.7. The fraction of sp³-hybridized carbons (Fsp3) is 0.227. The number of para-hydroxylation sites is 1. The molecule has 0 aromatic heterocycles. The van der Waals surface area contributed by atoms with Crippen LogP contribution in [0.3, 0.4) is 0 Å². The number of carbonyl (C=O) groups is 3. The SMILES string of the molecule is CCOc1ccccc1[C@@H]1NC(=O)N(CC(=O)Nc2cccc(Br)c2)C2=C1C(=O)OC2. The zero-order valence-electron chi connectivity index (χ0n) is 16.7. The first-order valence-corrected chi connectivity index (χ1v) is 10.5. The van der Waals surface area contributed by atoms with Crippen LogP contribution in [0.2, 0.25) is 0 Å². The van der Waals surface area contributed by atoms with Crippen LogP contribution in [0.1, 0.15) is 18.5 Å². The van der Waals surface area contributed by atoms with Crippen molar-refractivity contribution in [1.29, 1.82) is 0 Å². The normalized spacial score (nSPS) is 17.7. The second kappa shape index (κ2) is 8.81. The molecular formula is C22H20BrN3O5. The lowest BCUT2D eigenvalue weighted by Gasteiger charge is -2.33. The maximum Gasteiger partial charge on any atom is 0.338 e. The minimum Gasteiger partial charge on any atom is -0.494 e. The molecule has 1 atom stereocenters. The van der Waals surface area contributed by atoms with Gasteiger partial charge in [-0.15, -0.1) is 0 Å². The Bertz CT molecular complexity index is 1080. The highest BCUT2D eigenvalue weighted by Crippen LogP contribution is 2.38. The van der Waals surface area contributed by atoms with Crippen molar-refractivity contribution in [1.82, 2.24) is 10.2 Å².